The Balaban J connectivity index is 1.33. The minimum Gasteiger partial charge on any atom is -0.393 e. The molecule has 0 bridgehead atoms. The molecule has 4 aliphatic carbocycles. The molecule has 44 heavy (non-hydrogen) atoms. The van der Waals surface area contributed by atoms with Crippen LogP contribution in [0, 0.1) is 58.7 Å². The topological polar surface area (TPSA) is 168 Å². The van der Waals surface area contributed by atoms with Crippen LogP contribution in [0.2, 0.25) is 0 Å². The summed E-state index contributed by atoms with van der Waals surface area (Å²) in [5.41, 5.74) is 8.48. The summed E-state index contributed by atoms with van der Waals surface area (Å²) in [7, 11) is 0. The average molecular weight is 612 g/mol. The number of hydrogen-bond donors (Lipinski definition) is 5. The van der Waals surface area contributed by atoms with Gasteiger partial charge in [-0.3, -0.25) is 9.59 Å². The van der Waals surface area contributed by atoms with E-state index in [1.165, 1.54) is 6.08 Å². The Morgan fingerprint density at radius 1 is 1.14 bits per heavy atom. The van der Waals surface area contributed by atoms with E-state index in [2.05, 4.69) is 47.4 Å². The molecule has 4 fully saturated rings. The Labute approximate surface area is 262 Å². The lowest BCUT2D eigenvalue weighted by molar-refractivity contribution is -0.207. The summed E-state index contributed by atoms with van der Waals surface area (Å²) < 4.78 is 0. The number of aliphatic hydroxyl groups is 3. The van der Waals surface area contributed by atoms with Crippen molar-refractivity contribution in [1.29, 1.82) is 0 Å². The number of nitrogens with one attached hydrogen (secondary N) is 2. The molecule has 0 aliphatic heterocycles. The molecule has 5 N–H and O–H groups in total. The van der Waals surface area contributed by atoms with E-state index < -0.39 is 12.3 Å². The van der Waals surface area contributed by atoms with Crippen LogP contribution in [0.1, 0.15) is 97.8 Å². The first kappa shape index (κ1) is 34.3. The largest absolute Gasteiger partial charge is 0.393 e. The average Bonchev–Trinajstić information content (AvgIpc) is 3.34. The van der Waals surface area contributed by atoms with Crippen LogP contribution in [-0.2, 0) is 9.59 Å². The SMILES string of the molecule is C#CCCCC(=O)NC(CN=[N+]=[N-])NC(=O)/C=C/CC[C@@H](C)[C@H]1CC[C@H]2[C@@H]3[C@H](O)C[C@@H]4C[C@H](O)CC[C@]4(C)[C@H]3C[C@H](O)[C@]12C. The van der Waals surface area contributed by atoms with Gasteiger partial charge in [-0.2, -0.15) is 0 Å². The second-order valence-electron chi connectivity index (χ2n) is 14.6. The van der Waals surface area contributed by atoms with Crippen molar-refractivity contribution in [2.45, 2.75) is 122 Å². The van der Waals surface area contributed by atoms with Gasteiger partial charge in [0.15, 0.2) is 0 Å². The maximum absolute atomic E-state index is 12.6. The Hall–Kier alpha value is -2.57. The minimum absolute atomic E-state index is 0.0608. The molecule has 0 spiro atoms. The van der Waals surface area contributed by atoms with Crippen molar-refractivity contribution in [3.8, 4) is 12.3 Å². The number of nitrogens with zero attached hydrogens (tertiary/aromatic N) is 3. The molecule has 4 saturated carbocycles. The standard InChI is InChI=1S/C34H53N5O5/c1-5-6-7-11-30(43)37-29(20-36-39-35)38-31(44)12-9-8-10-21(2)24-13-14-25-32-26(19-28(42)34(24,25)4)33(3)16-15-23(40)17-22(33)18-27(32)41/h1,9,12,21-29,32,40-42H,6-8,10-11,13-20H2,2-4H3,(H,37,43)(H,38,44)/b12-9+/t21-,22+,23-,24-,25+,26+,27-,28+,29?,32+,33+,34-/m1/s1. The number of fused-ring (bicyclic) bond motifs is 5. The van der Waals surface area contributed by atoms with Crippen LogP contribution in [0.4, 0.5) is 0 Å². The lowest BCUT2D eigenvalue weighted by Crippen LogP contribution is -2.62. The first-order chi connectivity index (χ1) is 20.9. The molecule has 0 aromatic rings. The fourth-order valence-corrected chi connectivity index (χ4v) is 9.97. The van der Waals surface area contributed by atoms with Gasteiger partial charge < -0.3 is 26.0 Å². The molecule has 10 nitrogen and oxygen atoms in total. The number of rotatable bonds is 12. The Morgan fingerprint density at radius 3 is 2.64 bits per heavy atom. The number of azide groups is 1. The summed E-state index contributed by atoms with van der Waals surface area (Å²) in [6.45, 7) is 6.75. The molecule has 244 valence electrons. The number of carbonyl (C=O) groups excluding carboxylic acids is 2. The van der Waals surface area contributed by atoms with E-state index in [4.69, 9.17) is 12.0 Å². The number of aliphatic hydroxyl groups excluding tert-OH is 3. The van der Waals surface area contributed by atoms with Gasteiger partial charge in [0.1, 0.15) is 6.17 Å². The van der Waals surface area contributed by atoms with Crippen LogP contribution < -0.4 is 10.6 Å². The van der Waals surface area contributed by atoms with E-state index in [0.29, 0.717) is 37.0 Å². The minimum atomic E-state index is -0.807. The van der Waals surface area contributed by atoms with Gasteiger partial charge in [-0.05, 0) is 122 Å². The molecule has 0 heterocycles. The lowest BCUT2D eigenvalue weighted by atomic mass is 9.43. The molecule has 2 amide bonds. The number of allylic oxidation sites excluding steroid dienone is 1. The number of terminal acetylenes is 1. The number of hydrogen-bond acceptors (Lipinski definition) is 6. The number of unbranched alkanes of at least 4 members (excludes halogenated alkanes) is 1. The summed E-state index contributed by atoms with van der Waals surface area (Å²) >= 11 is 0. The summed E-state index contributed by atoms with van der Waals surface area (Å²) in [6.07, 6.45) is 15.5. The van der Waals surface area contributed by atoms with E-state index >= 15 is 0 Å². The highest BCUT2D eigenvalue weighted by Crippen LogP contribution is 2.68. The summed E-state index contributed by atoms with van der Waals surface area (Å²) in [5, 5.41) is 42.5. The Kier molecular flexibility index (Phi) is 11.4. The van der Waals surface area contributed by atoms with Crippen molar-refractivity contribution in [1.82, 2.24) is 10.6 Å². The maximum Gasteiger partial charge on any atom is 0.245 e. The van der Waals surface area contributed by atoms with Crippen molar-refractivity contribution in [2.24, 2.45) is 51.5 Å². The van der Waals surface area contributed by atoms with E-state index in [-0.39, 0.29) is 65.6 Å². The first-order valence-corrected chi connectivity index (χ1v) is 16.7. The zero-order valence-electron chi connectivity index (χ0n) is 26.7. The van der Waals surface area contributed by atoms with Crippen molar-refractivity contribution >= 4 is 11.8 Å². The van der Waals surface area contributed by atoms with Gasteiger partial charge in [0.25, 0.3) is 0 Å². The molecule has 0 saturated heterocycles. The van der Waals surface area contributed by atoms with E-state index in [1.807, 2.05) is 6.08 Å². The fraction of sp³-hybridized carbons (Fsp3) is 0.824. The molecule has 4 rings (SSSR count). The van der Waals surface area contributed by atoms with Gasteiger partial charge in [-0.25, -0.2) is 0 Å². The third kappa shape index (κ3) is 7.12. The third-order valence-corrected chi connectivity index (χ3v) is 12.3. The van der Waals surface area contributed by atoms with Crippen LogP contribution in [0.15, 0.2) is 17.3 Å². The molecule has 4 aliphatic rings. The monoisotopic (exact) mass is 611 g/mol. The Morgan fingerprint density at radius 2 is 1.91 bits per heavy atom. The quantitative estimate of drug-likeness (QED) is 0.0413. The predicted octanol–water partition coefficient (Wildman–Crippen LogP) is 4.59. The molecule has 10 heteroatoms. The van der Waals surface area contributed by atoms with E-state index in [0.717, 1.165) is 51.4 Å². The van der Waals surface area contributed by atoms with Crippen molar-refractivity contribution in [3.63, 3.8) is 0 Å². The highest BCUT2D eigenvalue weighted by atomic mass is 16.3. The summed E-state index contributed by atoms with van der Waals surface area (Å²) in [4.78, 5) is 27.4. The highest BCUT2D eigenvalue weighted by molar-refractivity contribution is 5.88. The van der Waals surface area contributed by atoms with Gasteiger partial charge in [-0.1, -0.05) is 32.0 Å². The smallest absolute Gasteiger partial charge is 0.245 e. The van der Waals surface area contributed by atoms with Crippen molar-refractivity contribution in [3.05, 3.63) is 22.6 Å². The van der Waals surface area contributed by atoms with Crippen LogP contribution in [0.5, 0.6) is 0 Å². The molecule has 0 aromatic carbocycles. The molecule has 12 atom stereocenters. The lowest BCUT2D eigenvalue weighted by Gasteiger charge is -2.63. The summed E-state index contributed by atoms with van der Waals surface area (Å²) in [6, 6.07) is 0. The number of carbonyl (C=O) groups is 2. The predicted molar refractivity (Wildman–Crippen MR) is 168 cm³/mol. The zero-order chi connectivity index (χ0) is 32.1. The van der Waals surface area contributed by atoms with E-state index in [1.54, 1.807) is 0 Å². The van der Waals surface area contributed by atoms with Gasteiger partial charge >= 0.3 is 0 Å². The number of amides is 2. The van der Waals surface area contributed by atoms with Gasteiger partial charge in [0, 0.05) is 17.8 Å². The molecule has 0 aromatic heterocycles. The summed E-state index contributed by atoms with van der Waals surface area (Å²) in [5.74, 6) is 3.55. The highest BCUT2D eigenvalue weighted by Gasteiger charge is 2.65. The van der Waals surface area contributed by atoms with E-state index in [9.17, 15) is 24.9 Å². The van der Waals surface area contributed by atoms with Crippen LogP contribution >= 0.6 is 0 Å². The Bertz CT molecular complexity index is 1150. The normalized spacial score (nSPS) is 39.1. The molecule has 1 unspecified atom stereocenters. The molecular formula is C34H53N5O5. The fourth-order valence-electron chi connectivity index (χ4n) is 9.97. The van der Waals surface area contributed by atoms with Crippen LogP contribution in [0.25, 0.3) is 10.4 Å². The van der Waals surface area contributed by atoms with Crippen molar-refractivity contribution in [2.75, 3.05) is 6.54 Å². The second kappa shape index (κ2) is 14.7. The second-order valence-corrected chi connectivity index (χ2v) is 14.6. The van der Waals surface area contributed by atoms with Gasteiger partial charge in [0.2, 0.25) is 11.8 Å². The van der Waals surface area contributed by atoms with Gasteiger partial charge in [0.05, 0.1) is 24.9 Å². The first-order valence-electron chi connectivity index (χ1n) is 16.7. The molecular weight excluding hydrogens is 558 g/mol. The van der Waals surface area contributed by atoms with Gasteiger partial charge in [-0.15, -0.1) is 12.3 Å². The maximum atomic E-state index is 12.6. The van der Waals surface area contributed by atoms with Crippen molar-refractivity contribution < 1.29 is 24.9 Å². The van der Waals surface area contributed by atoms with Crippen LogP contribution in [-0.4, -0.2) is 58.2 Å². The molecule has 0 radical (unpaired) electrons. The zero-order valence-corrected chi connectivity index (χ0v) is 26.7. The third-order valence-electron chi connectivity index (χ3n) is 12.3. The van der Waals surface area contributed by atoms with Crippen LogP contribution in [0.3, 0.4) is 0 Å².